The average Bonchev–Trinajstić information content (AvgIpc) is 3.25. The summed E-state index contributed by atoms with van der Waals surface area (Å²) in [4.78, 5) is 9.30. The molecule has 0 radical (unpaired) electrons. The molecule has 5 heteroatoms. The predicted octanol–water partition coefficient (Wildman–Crippen LogP) is 5.38. The van der Waals surface area contributed by atoms with Gasteiger partial charge in [0.05, 0.1) is 16.7 Å². The highest BCUT2D eigenvalue weighted by Crippen LogP contribution is 2.33. The lowest BCUT2D eigenvalue weighted by Gasteiger charge is -2.20. The van der Waals surface area contributed by atoms with E-state index in [1.54, 1.807) is 6.33 Å². The van der Waals surface area contributed by atoms with E-state index in [9.17, 15) is 0 Å². The summed E-state index contributed by atoms with van der Waals surface area (Å²) in [7, 11) is 2.04. The number of hydrogen-bond donors (Lipinski definition) is 0. The average molecular weight is 374 g/mol. The monoisotopic (exact) mass is 373 g/mol. The van der Waals surface area contributed by atoms with Crippen molar-refractivity contribution in [2.24, 2.45) is 7.05 Å². The number of para-hydroxylation sites is 1. The Bertz CT molecular complexity index is 1120. The Balaban J connectivity index is 1.94. The second kappa shape index (κ2) is 6.89. The van der Waals surface area contributed by atoms with Crippen molar-refractivity contribution in [2.75, 3.05) is 0 Å². The zero-order valence-electron chi connectivity index (χ0n) is 17.4. The highest BCUT2D eigenvalue weighted by Gasteiger charge is 2.20. The quantitative estimate of drug-likeness (QED) is 0.483. The third-order valence-corrected chi connectivity index (χ3v) is 5.46. The van der Waals surface area contributed by atoms with Crippen LogP contribution in [0.1, 0.15) is 56.5 Å². The maximum Gasteiger partial charge on any atom is 0.163 e. The fourth-order valence-corrected chi connectivity index (χ4v) is 3.82. The number of fused-ring (bicyclic) bond motifs is 1. The summed E-state index contributed by atoms with van der Waals surface area (Å²) in [6.45, 7) is 10.9. The lowest BCUT2D eigenvalue weighted by Crippen LogP contribution is -2.09. The lowest BCUT2D eigenvalue weighted by molar-refractivity contribution is 0.773. The van der Waals surface area contributed by atoms with Gasteiger partial charge in [0.15, 0.2) is 5.82 Å². The van der Waals surface area contributed by atoms with Crippen LogP contribution in [0.2, 0.25) is 0 Å². The van der Waals surface area contributed by atoms with Gasteiger partial charge in [-0.1, -0.05) is 45.9 Å². The number of rotatable bonds is 4. The van der Waals surface area contributed by atoms with E-state index >= 15 is 0 Å². The molecule has 0 saturated carbocycles. The zero-order chi connectivity index (χ0) is 20.0. The molecule has 0 aliphatic carbocycles. The fourth-order valence-electron chi connectivity index (χ4n) is 3.82. The van der Waals surface area contributed by atoms with E-state index in [-0.39, 0.29) is 0 Å². The molecule has 0 aliphatic rings. The van der Waals surface area contributed by atoms with Crippen LogP contribution in [0.25, 0.3) is 28.1 Å². The molecule has 5 nitrogen and oxygen atoms in total. The molecule has 0 saturated heterocycles. The summed E-state index contributed by atoms with van der Waals surface area (Å²) in [5.74, 6) is 2.64. The predicted molar refractivity (Wildman–Crippen MR) is 114 cm³/mol. The molecule has 144 valence electrons. The Hall–Kier alpha value is -2.95. The van der Waals surface area contributed by atoms with Crippen LogP contribution in [-0.2, 0) is 7.05 Å². The summed E-state index contributed by atoms with van der Waals surface area (Å²) < 4.78 is 4.11. The molecule has 4 rings (SSSR count). The fraction of sp³-hybridized carbons (Fsp3) is 0.348. The molecule has 0 spiro atoms. The molecule has 0 aliphatic heterocycles. The molecule has 0 amide bonds. The Labute approximate surface area is 166 Å². The van der Waals surface area contributed by atoms with E-state index in [4.69, 9.17) is 0 Å². The van der Waals surface area contributed by atoms with Crippen molar-refractivity contribution in [2.45, 2.75) is 46.5 Å². The van der Waals surface area contributed by atoms with Gasteiger partial charge in [-0.15, -0.1) is 0 Å². The smallest absolute Gasteiger partial charge is 0.163 e. The van der Waals surface area contributed by atoms with Crippen LogP contribution in [0, 0.1) is 6.92 Å². The molecule has 4 aromatic rings. The number of nitrogens with zero attached hydrogens (tertiary/aromatic N) is 5. The van der Waals surface area contributed by atoms with Gasteiger partial charge < -0.3 is 4.57 Å². The number of benzene rings is 2. The van der Waals surface area contributed by atoms with E-state index in [0.717, 1.165) is 33.9 Å². The number of aromatic nitrogens is 5. The maximum absolute atomic E-state index is 4.68. The molecule has 28 heavy (non-hydrogen) atoms. The first-order valence-corrected chi connectivity index (χ1v) is 9.85. The molecule has 0 N–H and O–H groups in total. The van der Waals surface area contributed by atoms with Crippen LogP contribution in [0.15, 0.2) is 42.7 Å². The van der Waals surface area contributed by atoms with E-state index in [0.29, 0.717) is 11.8 Å². The van der Waals surface area contributed by atoms with Gasteiger partial charge in [0.2, 0.25) is 0 Å². The first-order valence-electron chi connectivity index (χ1n) is 9.85. The summed E-state index contributed by atoms with van der Waals surface area (Å²) in [6.07, 6.45) is 1.64. The topological polar surface area (TPSA) is 48.5 Å². The highest BCUT2D eigenvalue weighted by atomic mass is 15.3. The third kappa shape index (κ3) is 2.91. The largest absolute Gasteiger partial charge is 0.331 e. The van der Waals surface area contributed by atoms with Gasteiger partial charge in [-0.25, -0.2) is 14.6 Å². The van der Waals surface area contributed by atoms with Gasteiger partial charge >= 0.3 is 0 Å². The molecular formula is C23H27N5. The van der Waals surface area contributed by atoms with Crippen molar-refractivity contribution in [3.8, 4) is 17.1 Å². The number of imidazole rings is 1. The van der Waals surface area contributed by atoms with Crippen molar-refractivity contribution in [1.29, 1.82) is 0 Å². The van der Waals surface area contributed by atoms with E-state index in [1.165, 1.54) is 11.1 Å². The minimum Gasteiger partial charge on any atom is -0.331 e. The summed E-state index contributed by atoms with van der Waals surface area (Å²) in [5.41, 5.74) is 6.85. The van der Waals surface area contributed by atoms with Gasteiger partial charge in [-0.05, 0) is 48.1 Å². The second-order valence-corrected chi connectivity index (χ2v) is 8.01. The standard InChI is InChI=1S/C23H27N5/c1-14(2)18-8-7-9-19(15(3)4)22(18)28-23(24-13-25-28)17-10-11-21-20(12-17)26-16(5)27(21)6/h7-15H,1-6H3. The minimum atomic E-state index is 0.395. The summed E-state index contributed by atoms with van der Waals surface area (Å²) in [6, 6.07) is 12.9. The molecule has 2 aromatic heterocycles. The Morgan fingerprint density at radius 3 is 2.25 bits per heavy atom. The lowest BCUT2D eigenvalue weighted by atomic mass is 9.92. The Kier molecular flexibility index (Phi) is 4.53. The summed E-state index contributed by atoms with van der Waals surface area (Å²) in [5, 5.41) is 4.63. The minimum absolute atomic E-state index is 0.395. The van der Waals surface area contributed by atoms with Crippen molar-refractivity contribution in [3.05, 3.63) is 59.7 Å². The van der Waals surface area contributed by atoms with Crippen LogP contribution in [0.3, 0.4) is 0 Å². The van der Waals surface area contributed by atoms with Crippen molar-refractivity contribution in [3.63, 3.8) is 0 Å². The SMILES string of the molecule is Cc1nc2cc(-c3ncnn3-c3c(C(C)C)cccc3C(C)C)ccc2n1C. The van der Waals surface area contributed by atoms with Gasteiger partial charge in [-0.2, -0.15) is 5.10 Å². The van der Waals surface area contributed by atoms with E-state index < -0.39 is 0 Å². The van der Waals surface area contributed by atoms with Gasteiger partial charge in [0.1, 0.15) is 12.2 Å². The van der Waals surface area contributed by atoms with Crippen LogP contribution in [-0.4, -0.2) is 24.3 Å². The molecule has 0 unspecified atom stereocenters. The molecule has 0 bridgehead atoms. The van der Waals surface area contributed by atoms with E-state index in [1.807, 2.05) is 18.7 Å². The van der Waals surface area contributed by atoms with Gasteiger partial charge in [-0.3, -0.25) is 0 Å². The molecule has 2 heterocycles. The van der Waals surface area contributed by atoms with Crippen LogP contribution in [0.4, 0.5) is 0 Å². The molecule has 0 fully saturated rings. The van der Waals surface area contributed by atoms with Crippen LogP contribution >= 0.6 is 0 Å². The first kappa shape index (κ1) is 18.4. The molecule has 0 atom stereocenters. The zero-order valence-corrected chi connectivity index (χ0v) is 17.4. The van der Waals surface area contributed by atoms with Crippen molar-refractivity contribution in [1.82, 2.24) is 24.3 Å². The normalized spacial score (nSPS) is 11.9. The molecular weight excluding hydrogens is 346 g/mol. The highest BCUT2D eigenvalue weighted by molar-refractivity contribution is 5.81. The van der Waals surface area contributed by atoms with Gasteiger partial charge in [0, 0.05) is 12.6 Å². The van der Waals surface area contributed by atoms with Crippen LogP contribution in [0.5, 0.6) is 0 Å². The Morgan fingerprint density at radius 2 is 1.61 bits per heavy atom. The third-order valence-electron chi connectivity index (χ3n) is 5.46. The van der Waals surface area contributed by atoms with Crippen LogP contribution < -0.4 is 0 Å². The summed E-state index contributed by atoms with van der Waals surface area (Å²) >= 11 is 0. The molecule has 2 aromatic carbocycles. The Morgan fingerprint density at radius 1 is 0.929 bits per heavy atom. The maximum atomic E-state index is 4.68. The second-order valence-electron chi connectivity index (χ2n) is 8.01. The van der Waals surface area contributed by atoms with Crippen molar-refractivity contribution < 1.29 is 0 Å². The van der Waals surface area contributed by atoms with Gasteiger partial charge in [0.25, 0.3) is 0 Å². The van der Waals surface area contributed by atoms with Crippen molar-refractivity contribution >= 4 is 11.0 Å². The van der Waals surface area contributed by atoms with E-state index in [2.05, 4.69) is 83.7 Å². The number of aryl methyl sites for hydroxylation is 2. The number of hydrogen-bond acceptors (Lipinski definition) is 3. The first-order chi connectivity index (χ1) is 13.4.